The highest BCUT2D eigenvalue weighted by Gasteiger charge is 2.15. The molecule has 18 heavy (non-hydrogen) atoms. The molecule has 0 saturated carbocycles. The van der Waals surface area contributed by atoms with E-state index in [0.717, 1.165) is 5.56 Å². The Morgan fingerprint density at radius 1 is 1.44 bits per heavy atom. The third-order valence-electron chi connectivity index (χ3n) is 2.44. The van der Waals surface area contributed by atoms with Crippen molar-refractivity contribution in [3.63, 3.8) is 0 Å². The van der Waals surface area contributed by atoms with Crippen molar-refractivity contribution in [2.75, 3.05) is 5.32 Å². The molecular formula is C13H20Cl2N2O. The summed E-state index contributed by atoms with van der Waals surface area (Å²) in [6.07, 6.45) is 0.662. The van der Waals surface area contributed by atoms with Gasteiger partial charge in [-0.25, -0.2) is 0 Å². The summed E-state index contributed by atoms with van der Waals surface area (Å²) in [5.74, 6) is 0.202. The molecule has 1 atom stereocenters. The maximum atomic E-state index is 11.8. The van der Waals surface area contributed by atoms with Gasteiger partial charge in [-0.05, 0) is 37.0 Å². The third kappa shape index (κ3) is 5.25. The van der Waals surface area contributed by atoms with E-state index in [4.69, 9.17) is 17.3 Å². The monoisotopic (exact) mass is 290 g/mol. The second-order valence-electron chi connectivity index (χ2n) is 4.71. The molecule has 0 aliphatic heterocycles. The van der Waals surface area contributed by atoms with E-state index in [-0.39, 0.29) is 18.3 Å². The van der Waals surface area contributed by atoms with Crippen LogP contribution in [0.4, 0.5) is 5.69 Å². The topological polar surface area (TPSA) is 55.1 Å². The quantitative estimate of drug-likeness (QED) is 0.893. The van der Waals surface area contributed by atoms with Crippen LogP contribution in [0.3, 0.4) is 0 Å². The predicted molar refractivity (Wildman–Crippen MR) is 79.5 cm³/mol. The van der Waals surface area contributed by atoms with Crippen LogP contribution in [0.1, 0.15) is 25.8 Å². The summed E-state index contributed by atoms with van der Waals surface area (Å²) in [4.78, 5) is 11.8. The Morgan fingerprint density at radius 2 is 2.06 bits per heavy atom. The van der Waals surface area contributed by atoms with Crippen molar-refractivity contribution in [2.45, 2.75) is 33.2 Å². The predicted octanol–water partition coefficient (Wildman–Crippen LogP) is 3.38. The van der Waals surface area contributed by atoms with Crippen LogP contribution < -0.4 is 11.1 Å². The zero-order valence-corrected chi connectivity index (χ0v) is 12.4. The van der Waals surface area contributed by atoms with Crippen LogP contribution in [-0.2, 0) is 4.79 Å². The molecule has 0 saturated heterocycles. The molecule has 1 amide bonds. The zero-order valence-electron chi connectivity index (χ0n) is 10.9. The smallest absolute Gasteiger partial charge is 0.241 e. The fraction of sp³-hybridized carbons (Fsp3) is 0.462. The molecule has 0 aliphatic carbocycles. The molecule has 1 aromatic carbocycles. The minimum Gasteiger partial charge on any atom is -0.323 e. The van der Waals surface area contributed by atoms with Crippen LogP contribution in [0.15, 0.2) is 18.2 Å². The van der Waals surface area contributed by atoms with E-state index in [1.807, 2.05) is 32.9 Å². The lowest BCUT2D eigenvalue weighted by molar-refractivity contribution is -0.117. The number of rotatable bonds is 4. The molecule has 5 heteroatoms. The van der Waals surface area contributed by atoms with Gasteiger partial charge in [-0.1, -0.05) is 31.5 Å². The first-order valence-corrected chi connectivity index (χ1v) is 6.10. The molecule has 0 bridgehead atoms. The van der Waals surface area contributed by atoms with Gasteiger partial charge >= 0.3 is 0 Å². The summed E-state index contributed by atoms with van der Waals surface area (Å²) in [5, 5.41) is 3.28. The van der Waals surface area contributed by atoms with Crippen molar-refractivity contribution in [3.8, 4) is 0 Å². The first-order valence-electron chi connectivity index (χ1n) is 5.72. The number of carbonyl (C=O) groups is 1. The summed E-state index contributed by atoms with van der Waals surface area (Å²) in [6.45, 7) is 6.01. The Balaban J connectivity index is 0.00000289. The first kappa shape index (κ1) is 17.2. The maximum Gasteiger partial charge on any atom is 0.241 e. The molecule has 3 N–H and O–H groups in total. The summed E-state index contributed by atoms with van der Waals surface area (Å²) >= 11 is 6.03. The van der Waals surface area contributed by atoms with Gasteiger partial charge in [0.15, 0.2) is 0 Å². The van der Waals surface area contributed by atoms with Crippen molar-refractivity contribution >= 4 is 35.6 Å². The van der Waals surface area contributed by atoms with E-state index in [9.17, 15) is 4.79 Å². The van der Waals surface area contributed by atoms with Crippen LogP contribution in [0.5, 0.6) is 0 Å². The van der Waals surface area contributed by atoms with E-state index in [2.05, 4.69) is 5.32 Å². The third-order valence-corrected chi connectivity index (χ3v) is 2.76. The Morgan fingerprint density at radius 3 is 2.56 bits per heavy atom. The van der Waals surface area contributed by atoms with Crippen molar-refractivity contribution in [1.82, 2.24) is 0 Å². The van der Waals surface area contributed by atoms with E-state index < -0.39 is 6.04 Å². The van der Waals surface area contributed by atoms with Gasteiger partial charge in [0, 0.05) is 0 Å². The number of hydrogen-bond donors (Lipinski definition) is 2. The molecule has 102 valence electrons. The van der Waals surface area contributed by atoms with Crippen LogP contribution in [0.25, 0.3) is 0 Å². The number of hydrogen-bond acceptors (Lipinski definition) is 2. The fourth-order valence-electron chi connectivity index (χ4n) is 1.56. The second kappa shape index (κ2) is 7.62. The lowest BCUT2D eigenvalue weighted by Gasteiger charge is -2.15. The summed E-state index contributed by atoms with van der Waals surface area (Å²) < 4.78 is 0. The highest BCUT2D eigenvalue weighted by atomic mass is 35.5. The van der Waals surface area contributed by atoms with E-state index in [1.54, 1.807) is 6.07 Å². The molecule has 0 unspecified atom stereocenters. The molecule has 0 fully saturated rings. The minimum absolute atomic E-state index is 0. The van der Waals surface area contributed by atoms with Gasteiger partial charge in [0.05, 0.1) is 16.8 Å². The molecular weight excluding hydrogens is 271 g/mol. The van der Waals surface area contributed by atoms with Crippen LogP contribution in [-0.4, -0.2) is 11.9 Å². The Kier molecular flexibility index (Phi) is 7.29. The van der Waals surface area contributed by atoms with Crippen LogP contribution in [0.2, 0.25) is 5.02 Å². The summed E-state index contributed by atoms with van der Waals surface area (Å²) in [6, 6.07) is 5.01. The first-order chi connectivity index (χ1) is 7.90. The van der Waals surface area contributed by atoms with Gasteiger partial charge in [0.25, 0.3) is 0 Å². The molecule has 1 rings (SSSR count). The molecule has 0 aromatic heterocycles. The molecule has 0 aliphatic rings. The van der Waals surface area contributed by atoms with E-state index in [0.29, 0.717) is 23.0 Å². The average Bonchev–Trinajstić information content (AvgIpc) is 2.21. The second-order valence-corrected chi connectivity index (χ2v) is 5.12. The van der Waals surface area contributed by atoms with Crippen molar-refractivity contribution in [1.29, 1.82) is 0 Å². The summed E-state index contributed by atoms with van der Waals surface area (Å²) in [7, 11) is 0. The number of benzene rings is 1. The van der Waals surface area contributed by atoms with Gasteiger partial charge < -0.3 is 11.1 Å². The standard InChI is InChI=1S/C13H19ClN2O.ClH/c1-8(2)6-11(15)13(17)16-12-5-4-9(3)7-10(12)14;/h4-5,7-8,11H,6,15H2,1-3H3,(H,16,17);1H/t11-;/m0./s1. The molecule has 0 heterocycles. The fourth-order valence-corrected chi connectivity index (χ4v) is 1.84. The minimum atomic E-state index is -0.493. The Labute approximate surface area is 119 Å². The van der Waals surface area contributed by atoms with Crippen molar-refractivity contribution in [2.24, 2.45) is 11.7 Å². The SMILES string of the molecule is Cc1ccc(NC(=O)[C@@H](N)CC(C)C)c(Cl)c1.Cl. The lowest BCUT2D eigenvalue weighted by Crippen LogP contribution is -2.36. The molecule has 3 nitrogen and oxygen atoms in total. The maximum absolute atomic E-state index is 11.8. The highest BCUT2D eigenvalue weighted by Crippen LogP contribution is 2.22. The molecule has 0 spiro atoms. The Bertz CT molecular complexity index is 408. The summed E-state index contributed by atoms with van der Waals surface area (Å²) in [5.41, 5.74) is 7.46. The van der Waals surface area contributed by atoms with Crippen LogP contribution in [0, 0.1) is 12.8 Å². The average molecular weight is 291 g/mol. The number of aryl methyl sites for hydroxylation is 1. The highest BCUT2D eigenvalue weighted by molar-refractivity contribution is 6.33. The number of nitrogens with one attached hydrogen (secondary N) is 1. The van der Waals surface area contributed by atoms with E-state index >= 15 is 0 Å². The molecule has 0 radical (unpaired) electrons. The number of anilines is 1. The number of amides is 1. The Hall–Kier alpha value is -0.770. The number of carbonyl (C=O) groups excluding carboxylic acids is 1. The van der Waals surface area contributed by atoms with Crippen molar-refractivity contribution in [3.05, 3.63) is 28.8 Å². The van der Waals surface area contributed by atoms with Gasteiger partial charge in [0.1, 0.15) is 0 Å². The van der Waals surface area contributed by atoms with E-state index in [1.165, 1.54) is 0 Å². The zero-order chi connectivity index (χ0) is 13.0. The van der Waals surface area contributed by atoms with Gasteiger partial charge in [-0.3, -0.25) is 4.79 Å². The largest absolute Gasteiger partial charge is 0.323 e. The van der Waals surface area contributed by atoms with Crippen LogP contribution >= 0.6 is 24.0 Å². The number of halogens is 2. The van der Waals surface area contributed by atoms with Gasteiger partial charge in [-0.2, -0.15) is 0 Å². The lowest BCUT2D eigenvalue weighted by atomic mass is 10.0. The van der Waals surface area contributed by atoms with Gasteiger partial charge in [0.2, 0.25) is 5.91 Å². The van der Waals surface area contributed by atoms with Crippen molar-refractivity contribution < 1.29 is 4.79 Å². The number of nitrogens with two attached hydrogens (primary N) is 1. The normalized spacial score (nSPS) is 11.9. The van der Waals surface area contributed by atoms with Gasteiger partial charge in [-0.15, -0.1) is 12.4 Å². The molecule has 1 aromatic rings.